The van der Waals surface area contributed by atoms with Gasteiger partial charge in [0.05, 0.1) is 19.8 Å². The predicted octanol–water partition coefficient (Wildman–Crippen LogP) is 3.05. The van der Waals surface area contributed by atoms with Crippen molar-refractivity contribution in [2.75, 3.05) is 40.0 Å². The summed E-state index contributed by atoms with van der Waals surface area (Å²) in [6.07, 6.45) is 3.60. The van der Waals surface area contributed by atoms with E-state index in [0.717, 1.165) is 16.8 Å². The maximum atomic E-state index is 12.9. The second kappa shape index (κ2) is 9.65. The number of hydrogen-bond donors (Lipinski definition) is 2. The van der Waals surface area contributed by atoms with E-state index in [1.807, 2.05) is 60.6 Å². The maximum Gasteiger partial charge on any atom is 0.357 e. The molecule has 3 heterocycles. The molecule has 0 spiro atoms. The minimum absolute atomic E-state index is 0.276. The predicted molar refractivity (Wildman–Crippen MR) is 124 cm³/mol. The van der Waals surface area contributed by atoms with Gasteiger partial charge in [0, 0.05) is 49.2 Å². The molecule has 1 aromatic carbocycles. The second-order valence-corrected chi connectivity index (χ2v) is 7.30. The van der Waals surface area contributed by atoms with Crippen LogP contribution in [0.25, 0.3) is 22.6 Å². The van der Waals surface area contributed by atoms with E-state index in [1.54, 1.807) is 17.4 Å². The van der Waals surface area contributed by atoms with Crippen molar-refractivity contribution in [2.24, 2.45) is 0 Å². The maximum absolute atomic E-state index is 12.9. The molecule has 3 aromatic rings. The third-order valence-electron chi connectivity index (χ3n) is 5.36. The molecule has 1 aliphatic heterocycles. The van der Waals surface area contributed by atoms with Crippen LogP contribution >= 0.6 is 0 Å². The fraction of sp³-hybridized carbons (Fsp3) is 0.292. The average molecular weight is 434 g/mol. The molecule has 1 saturated heterocycles. The Labute approximate surface area is 187 Å². The number of carbonyl (C=O) groups is 1. The van der Waals surface area contributed by atoms with Gasteiger partial charge in [-0.15, -0.1) is 0 Å². The van der Waals surface area contributed by atoms with E-state index in [9.17, 15) is 4.79 Å². The van der Waals surface area contributed by atoms with Crippen molar-refractivity contribution in [3.63, 3.8) is 0 Å². The van der Waals surface area contributed by atoms with E-state index in [1.165, 1.54) is 0 Å². The van der Waals surface area contributed by atoms with Crippen LogP contribution in [0.5, 0.6) is 0 Å². The van der Waals surface area contributed by atoms with Gasteiger partial charge in [-0.25, -0.2) is 9.78 Å². The summed E-state index contributed by atoms with van der Waals surface area (Å²) in [5.74, 6) is -0.0211. The first kappa shape index (κ1) is 21.6. The molecule has 0 atom stereocenters. The zero-order valence-corrected chi connectivity index (χ0v) is 18.3. The van der Waals surface area contributed by atoms with Crippen LogP contribution in [0.3, 0.4) is 0 Å². The molecule has 8 heteroatoms. The Morgan fingerprint density at radius 2 is 1.97 bits per heavy atom. The highest BCUT2D eigenvalue weighted by Gasteiger charge is 2.24. The summed E-state index contributed by atoms with van der Waals surface area (Å²) in [4.78, 5) is 19.7. The van der Waals surface area contributed by atoms with E-state index < -0.39 is 5.97 Å². The van der Waals surface area contributed by atoms with Crippen LogP contribution in [0.4, 0.5) is 0 Å². The van der Waals surface area contributed by atoms with Crippen LogP contribution in [0.2, 0.25) is 0 Å². The van der Waals surface area contributed by atoms with Crippen molar-refractivity contribution in [3.8, 4) is 11.3 Å². The number of imidazole rings is 1. The molecular weight excluding hydrogens is 406 g/mol. The van der Waals surface area contributed by atoms with E-state index in [0.29, 0.717) is 49.2 Å². The molecule has 0 amide bonds. The smallest absolute Gasteiger partial charge is 0.357 e. The van der Waals surface area contributed by atoms with E-state index in [-0.39, 0.29) is 6.61 Å². The van der Waals surface area contributed by atoms with E-state index in [4.69, 9.17) is 19.9 Å². The molecule has 2 aromatic heterocycles. The van der Waals surface area contributed by atoms with Crippen molar-refractivity contribution in [1.82, 2.24) is 19.6 Å². The van der Waals surface area contributed by atoms with Gasteiger partial charge in [0.1, 0.15) is 17.2 Å². The lowest BCUT2D eigenvalue weighted by atomic mass is 10.1. The Kier molecular flexibility index (Phi) is 6.51. The number of esters is 1. The van der Waals surface area contributed by atoms with Crippen LogP contribution in [0.15, 0.2) is 54.7 Å². The van der Waals surface area contributed by atoms with Crippen LogP contribution in [0, 0.1) is 5.41 Å². The van der Waals surface area contributed by atoms with E-state index >= 15 is 0 Å². The van der Waals surface area contributed by atoms with Gasteiger partial charge in [-0.3, -0.25) is 9.81 Å². The van der Waals surface area contributed by atoms with Gasteiger partial charge < -0.3 is 19.7 Å². The number of nitrogens with one attached hydrogen (secondary N) is 2. The first-order valence-corrected chi connectivity index (χ1v) is 10.7. The lowest BCUT2D eigenvalue weighted by Gasteiger charge is -2.28. The monoisotopic (exact) mass is 433 g/mol. The van der Waals surface area contributed by atoms with Crippen molar-refractivity contribution in [2.45, 2.75) is 6.92 Å². The fourth-order valence-corrected chi connectivity index (χ4v) is 3.79. The molecule has 0 unspecified atom stereocenters. The van der Waals surface area contributed by atoms with Crippen molar-refractivity contribution >= 4 is 23.1 Å². The van der Waals surface area contributed by atoms with E-state index in [2.05, 4.69) is 5.32 Å². The molecule has 1 fully saturated rings. The van der Waals surface area contributed by atoms with Gasteiger partial charge >= 0.3 is 5.97 Å². The third-order valence-corrected chi connectivity index (χ3v) is 5.36. The minimum atomic E-state index is -0.424. The summed E-state index contributed by atoms with van der Waals surface area (Å²) in [5, 5.41) is 11.7. The number of hydrogen-bond acceptors (Lipinski definition) is 6. The summed E-state index contributed by atoms with van der Waals surface area (Å²) in [6.45, 7) is 4.66. The Balaban J connectivity index is 1.84. The number of fused-ring (bicyclic) bond motifs is 1. The summed E-state index contributed by atoms with van der Waals surface area (Å²) in [6, 6.07) is 13.4. The lowest BCUT2D eigenvalue weighted by Crippen LogP contribution is -2.39. The van der Waals surface area contributed by atoms with Crippen molar-refractivity contribution < 1.29 is 14.3 Å². The molecule has 0 bridgehead atoms. The molecule has 2 N–H and O–H groups in total. The van der Waals surface area contributed by atoms with Crippen molar-refractivity contribution in [3.05, 3.63) is 66.0 Å². The zero-order chi connectivity index (χ0) is 22.5. The van der Waals surface area contributed by atoms with Gasteiger partial charge in [-0.2, -0.15) is 0 Å². The summed E-state index contributed by atoms with van der Waals surface area (Å²) < 4.78 is 12.5. The highest BCUT2D eigenvalue weighted by molar-refractivity contribution is 6.00. The molecule has 0 saturated carbocycles. The topological polar surface area (TPSA) is 92.0 Å². The fourth-order valence-electron chi connectivity index (χ4n) is 3.79. The standard InChI is InChI=1S/C24H27N5O3/c1-3-32-24(30)22-21(17-8-5-4-6-9-17)27-23-18(10-7-11-29(22)23)19(26-2)16-20(25)28-12-14-31-15-13-28/h4-11,16,25-26H,3,12-15H2,1-2H3/b19-16-,25-20?. The number of aromatic nitrogens is 2. The Hall–Kier alpha value is -3.65. The van der Waals surface area contributed by atoms with Gasteiger partial charge in [-0.1, -0.05) is 30.3 Å². The molecule has 4 rings (SSSR count). The molecule has 8 nitrogen and oxygen atoms in total. The second-order valence-electron chi connectivity index (χ2n) is 7.30. The Morgan fingerprint density at radius 1 is 1.22 bits per heavy atom. The first-order valence-electron chi connectivity index (χ1n) is 10.7. The lowest BCUT2D eigenvalue weighted by molar-refractivity contribution is 0.0519. The third kappa shape index (κ3) is 4.22. The number of nitrogens with zero attached hydrogens (tertiary/aromatic N) is 3. The normalized spacial score (nSPS) is 14.4. The van der Waals surface area contributed by atoms with Crippen LogP contribution in [-0.2, 0) is 9.47 Å². The number of pyridine rings is 1. The number of carbonyl (C=O) groups excluding carboxylic acids is 1. The highest BCUT2D eigenvalue weighted by atomic mass is 16.5. The van der Waals surface area contributed by atoms with Crippen LogP contribution < -0.4 is 5.32 Å². The van der Waals surface area contributed by atoms with Crippen LogP contribution in [0.1, 0.15) is 23.0 Å². The molecule has 0 aliphatic carbocycles. The summed E-state index contributed by atoms with van der Waals surface area (Å²) in [5.41, 5.74) is 3.93. The molecule has 1 aliphatic rings. The average Bonchev–Trinajstić information content (AvgIpc) is 3.24. The minimum Gasteiger partial charge on any atom is -0.461 e. The Morgan fingerprint density at radius 3 is 2.66 bits per heavy atom. The summed E-state index contributed by atoms with van der Waals surface area (Å²) >= 11 is 0. The van der Waals surface area contributed by atoms with Crippen molar-refractivity contribution in [1.29, 1.82) is 5.41 Å². The van der Waals surface area contributed by atoms with Gasteiger partial charge in [0.25, 0.3) is 0 Å². The molecule has 166 valence electrons. The molecule has 0 radical (unpaired) electrons. The van der Waals surface area contributed by atoms with Gasteiger partial charge in [0.15, 0.2) is 5.69 Å². The quantitative estimate of drug-likeness (QED) is 0.353. The summed E-state index contributed by atoms with van der Waals surface area (Å²) in [7, 11) is 1.81. The zero-order valence-electron chi connectivity index (χ0n) is 18.3. The highest BCUT2D eigenvalue weighted by Crippen LogP contribution is 2.28. The molecule has 32 heavy (non-hydrogen) atoms. The van der Waals surface area contributed by atoms with Gasteiger partial charge in [-0.05, 0) is 19.1 Å². The molecular formula is C24H27N5O3. The number of rotatable bonds is 6. The number of benzene rings is 1. The van der Waals surface area contributed by atoms with Gasteiger partial charge in [0.2, 0.25) is 0 Å². The number of ether oxygens (including phenoxy) is 2. The first-order chi connectivity index (χ1) is 15.6. The SMILES string of the molecule is CCOC(=O)c1c(-c2ccccc2)nc2c(/C(=C/C(=N)N3CCOCC3)NC)cccn12. The number of morpholine rings is 1. The Bertz CT molecular complexity index is 1150. The largest absolute Gasteiger partial charge is 0.461 e. The van der Waals surface area contributed by atoms with Crippen LogP contribution in [-0.4, -0.2) is 66.0 Å². The number of amidine groups is 1.